The molecule has 124 valence electrons. The molecule has 0 bridgehead atoms. The fourth-order valence-electron chi connectivity index (χ4n) is 2.44. The molecule has 3 aromatic rings. The van der Waals surface area contributed by atoms with Crippen LogP contribution in [0.15, 0.2) is 42.7 Å². The van der Waals surface area contributed by atoms with Gasteiger partial charge in [-0.15, -0.1) is 0 Å². The van der Waals surface area contributed by atoms with Gasteiger partial charge in [0.25, 0.3) is 0 Å². The van der Waals surface area contributed by atoms with Gasteiger partial charge >= 0.3 is 0 Å². The van der Waals surface area contributed by atoms with Gasteiger partial charge in [0.15, 0.2) is 0 Å². The zero-order valence-electron chi connectivity index (χ0n) is 12.8. The zero-order valence-corrected chi connectivity index (χ0v) is 13.5. The summed E-state index contributed by atoms with van der Waals surface area (Å²) < 4.78 is 5.22. The molecule has 0 saturated heterocycles. The Bertz CT molecular complexity index is 863. The Balaban J connectivity index is 1.71. The van der Waals surface area contributed by atoms with Gasteiger partial charge in [0.2, 0.25) is 11.8 Å². The van der Waals surface area contributed by atoms with E-state index < -0.39 is 0 Å². The molecule has 0 saturated carbocycles. The Labute approximate surface area is 143 Å². The van der Waals surface area contributed by atoms with E-state index >= 15 is 0 Å². The number of aliphatic hydroxyl groups excluding tert-OH is 1. The summed E-state index contributed by atoms with van der Waals surface area (Å²) in [4.78, 5) is 19.4. The van der Waals surface area contributed by atoms with Crippen LogP contribution in [0.25, 0.3) is 10.9 Å². The summed E-state index contributed by atoms with van der Waals surface area (Å²) in [5, 5.41) is 13.0. The Morgan fingerprint density at radius 1 is 1.38 bits per heavy atom. The van der Waals surface area contributed by atoms with Crippen molar-refractivity contribution in [2.24, 2.45) is 0 Å². The number of fused-ring (bicyclic) bond motifs is 1. The number of benzene rings is 1. The summed E-state index contributed by atoms with van der Waals surface area (Å²) in [5.41, 5.74) is 2.31. The van der Waals surface area contributed by atoms with Crippen LogP contribution in [0.1, 0.15) is 5.56 Å². The first-order valence-electron chi connectivity index (χ1n) is 7.41. The van der Waals surface area contributed by atoms with E-state index in [2.05, 4.69) is 15.3 Å². The van der Waals surface area contributed by atoms with Crippen LogP contribution in [0.4, 0.5) is 5.69 Å². The lowest BCUT2D eigenvalue weighted by molar-refractivity contribution is -0.115. The average molecular weight is 346 g/mol. The number of aliphatic hydroxyl groups is 1. The van der Waals surface area contributed by atoms with E-state index in [4.69, 9.17) is 21.4 Å². The molecule has 0 radical (unpaired) electrons. The third-order valence-electron chi connectivity index (χ3n) is 3.45. The Kier molecular flexibility index (Phi) is 4.98. The maximum absolute atomic E-state index is 12.3. The van der Waals surface area contributed by atoms with E-state index in [1.165, 1.54) is 6.20 Å². The van der Waals surface area contributed by atoms with Gasteiger partial charge in [0.1, 0.15) is 6.61 Å². The number of carbonyl (C=O) groups is 1. The molecule has 2 aromatic heterocycles. The molecule has 0 unspecified atom stereocenters. The minimum atomic E-state index is -0.171. The van der Waals surface area contributed by atoms with Crippen LogP contribution < -0.4 is 10.1 Å². The zero-order chi connectivity index (χ0) is 16.9. The number of aromatic amines is 1. The number of nitrogens with one attached hydrogen (secondary N) is 2. The smallest absolute Gasteiger partial charge is 0.228 e. The lowest BCUT2D eigenvalue weighted by Crippen LogP contribution is -2.14. The van der Waals surface area contributed by atoms with Crippen LogP contribution in [0.5, 0.6) is 5.88 Å². The van der Waals surface area contributed by atoms with Crippen molar-refractivity contribution < 1.29 is 14.6 Å². The molecule has 0 atom stereocenters. The normalized spacial score (nSPS) is 10.8. The number of pyridine rings is 1. The number of halogens is 1. The van der Waals surface area contributed by atoms with E-state index in [1.54, 1.807) is 24.4 Å². The molecular formula is C17H16ClN3O3. The van der Waals surface area contributed by atoms with Gasteiger partial charge < -0.3 is 20.1 Å². The minimum absolute atomic E-state index is 0.0976. The second-order valence-electron chi connectivity index (χ2n) is 5.16. The number of rotatable bonds is 6. The number of aromatic nitrogens is 2. The average Bonchev–Trinajstić information content (AvgIpc) is 2.97. The topological polar surface area (TPSA) is 87.2 Å². The largest absolute Gasteiger partial charge is 0.475 e. The number of anilines is 1. The molecule has 0 aliphatic rings. The third kappa shape index (κ3) is 3.67. The summed E-state index contributed by atoms with van der Waals surface area (Å²) in [6.45, 7) is 0.0534. The van der Waals surface area contributed by atoms with Gasteiger partial charge in [-0.2, -0.15) is 0 Å². The summed E-state index contributed by atoms with van der Waals surface area (Å²) in [7, 11) is 0. The number of hydrogen-bond donors (Lipinski definition) is 3. The highest BCUT2D eigenvalue weighted by Crippen LogP contribution is 2.27. The molecule has 1 amide bonds. The molecule has 0 fully saturated rings. The second kappa shape index (κ2) is 7.33. The van der Waals surface area contributed by atoms with Crippen molar-refractivity contribution in [2.75, 3.05) is 18.5 Å². The quantitative estimate of drug-likeness (QED) is 0.641. The van der Waals surface area contributed by atoms with Crippen molar-refractivity contribution in [3.8, 4) is 5.88 Å². The standard InChI is InChI=1S/C17H16ClN3O3/c18-13-2-1-3-14-17(13)11(10-20-14)8-15(23)21-12-4-5-19-16(9-12)24-7-6-22/h1-5,9-10,20,22H,6-8H2,(H,19,21,23). The molecule has 0 aliphatic carbocycles. The van der Waals surface area contributed by atoms with Gasteiger partial charge in [-0.3, -0.25) is 4.79 Å². The molecule has 1 aromatic carbocycles. The van der Waals surface area contributed by atoms with E-state index in [1.807, 2.05) is 12.1 Å². The van der Waals surface area contributed by atoms with Gasteiger partial charge in [-0.1, -0.05) is 17.7 Å². The summed E-state index contributed by atoms with van der Waals surface area (Å²) in [6, 6.07) is 8.85. The van der Waals surface area contributed by atoms with Crippen molar-refractivity contribution in [1.29, 1.82) is 0 Å². The van der Waals surface area contributed by atoms with E-state index in [-0.39, 0.29) is 25.5 Å². The number of H-pyrrole nitrogens is 1. The molecule has 7 heteroatoms. The lowest BCUT2D eigenvalue weighted by Gasteiger charge is -2.07. The predicted octanol–water partition coefficient (Wildman–Crippen LogP) is 2.77. The van der Waals surface area contributed by atoms with Crippen molar-refractivity contribution in [3.05, 3.63) is 53.3 Å². The fourth-order valence-corrected chi connectivity index (χ4v) is 2.74. The Morgan fingerprint density at radius 3 is 3.08 bits per heavy atom. The number of carbonyl (C=O) groups excluding carboxylic acids is 1. The molecule has 6 nitrogen and oxygen atoms in total. The van der Waals surface area contributed by atoms with E-state index in [0.717, 1.165) is 16.5 Å². The molecule has 2 heterocycles. The van der Waals surface area contributed by atoms with Crippen LogP contribution in [0.3, 0.4) is 0 Å². The van der Waals surface area contributed by atoms with Crippen molar-refractivity contribution >= 4 is 34.1 Å². The second-order valence-corrected chi connectivity index (χ2v) is 5.56. The van der Waals surface area contributed by atoms with Crippen LogP contribution >= 0.6 is 11.6 Å². The number of hydrogen-bond acceptors (Lipinski definition) is 4. The molecule has 0 spiro atoms. The molecule has 0 aliphatic heterocycles. The van der Waals surface area contributed by atoms with Gasteiger partial charge in [0.05, 0.1) is 18.1 Å². The Hall–Kier alpha value is -2.57. The summed E-state index contributed by atoms with van der Waals surface area (Å²) >= 11 is 6.22. The third-order valence-corrected chi connectivity index (χ3v) is 3.76. The Morgan fingerprint density at radius 2 is 2.25 bits per heavy atom. The van der Waals surface area contributed by atoms with Crippen molar-refractivity contribution in [1.82, 2.24) is 9.97 Å². The first kappa shape index (κ1) is 16.3. The molecule has 3 rings (SSSR count). The first-order chi connectivity index (χ1) is 11.7. The van der Waals surface area contributed by atoms with Crippen molar-refractivity contribution in [2.45, 2.75) is 6.42 Å². The monoisotopic (exact) mass is 345 g/mol. The predicted molar refractivity (Wildman–Crippen MR) is 92.5 cm³/mol. The summed E-state index contributed by atoms with van der Waals surface area (Å²) in [5.74, 6) is 0.173. The number of amides is 1. The van der Waals surface area contributed by atoms with E-state index in [9.17, 15) is 4.79 Å². The minimum Gasteiger partial charge on any atom is -0.475 e. The van der Waals surface area contributed by atoms with Gasteiger partial charge in [-0.25, -0.2) is 4.98 Å². The fraction of sp³-hybridized carbons (Fsp3) is 0.176. The maximum atomic E-state index is 12.3. The van der Waals surface area contributed by atoms with Crippen LogP contribution in [-0.4, -0.2) is 34.2 Å². The van der Waals surface area contributed by atoms with Crippen LogP contribution in [0.2, 0.25) is 5.02 Å². The van der Waals surface area contributed by atoms with Crippen molar-refractivity contribution in [3.63, 3.8) is 0 Å². The van der Waals surface area contributed by atoms with Gasteiger partial charge in [-0.05, 0) is 23.8 Å². The SMILES string of the molecule is O=C(Cc1c[nH]c2cccc(Cl)c12)Nc1ccnc(OCCO)c1. The summed E-state index contributed by atoms with van der Waals surface area (Å²) in [6.07, 6.45) is 3.52. The first-order valence-corrected chi connectivity index (χ1v) is 7.79. The highest BCUT2D eigenvalue weighted by Gasteiger charge is 2.12. The number of ether oxygens (including phenoxy) is 1. The lowest BCUT2D eigenvalue weighted by atomic mass is 10.1. The highest BCUT2D eigenvalue weighted by molar-refractivity contribution is 6.35. The van der Waals surface area contributed by atoms with Crippen LogP contribution in [-0.2, 0) is 11.2 Å². The molecule has 3 N–H and O–H groups in total. The number of nitrogens with zero attached hydrogens (tertiary/aromatic N) is 1. The molecular weight excluding hydrogens is 330 g/mol. The maximum Gasteiger partial charge on any atom is 0.228 e. The highest BCUT2D eigenvalue weighted by atomic mass is 35.5. The van der Waals surface area contributed by atoms with Crippen LogP contribution in [0, 0.1) is 0 Å². The van der Waals surface area contributed by atoms with E-state index in [0.29, 0.717) is 16.6 Å². The van der Waals surface area contributed by atoms with Gasteiger partial charge in [0, 0.05) is 35.1 Å². The molecule has 24 heavy (non-hydrogen) atoms.